The van der Waals surface area contributed by atoms with Gasteiger partial charge in [0.25, 0.3) is 5.56 Å². The van der Waals surface area contributed by atoms with E-state index >= 15 is 0 Å². The molecule has 5 nitrogen and oxygen atoms in total. The highest BCUT2D eigenvalue weighted by Gasteiger charge is 2.12. The van der Waals surface area contributed by atoms with Gasteiger partial charge in [-0.05, 0) is 13.8 Å². The zero-order valence-electron chi connectivity index (χ0n) is 10.9. The van der Waals surface area contributed by atoms with Gasteiger partial charge in [0, 0.05) is 19.2 Å². The fourth-order valence-corrected chi connectivity index (χ4v) is 1.82. The highest BCUT2D eigenvalue weighted by molar-refractivity contribution is 5.43. The maximum Gasteiger partial charge on any atom is 0.269 e. The molecule has 1 aromatic heterocycles. The van der Waals surface area contributed by atoms with Crippen LogP contribution in [0.2, 0.25) is 0 Å². The molecule has 1 aliphatic rings. The molecule has 0 amide bonds. The van der Waals surface area contributed by atoms with Gasteiger partial charge < -0.3 is 9.64 Å². The summed E-state index contributed by atoms with van der Waals surface area (Å²) >= 11 is 0. The van der Waals surface area contributed by atoms with E-state index in [0.29, 0.717) is 19.8 Å². The molecule has 0 aromatic carbocycles. The van der Waals surface area contributed by atoms with Gasteiger partial charge >= 0.3 is 0 Å². The molecule has 0 aliphatic carbocycles. The summed E-state index contributed by atoms with van der Waals surface area (Å²) in [6.07, 6.45) is 3.74. The van der Waals surface area contributed by atoms with Crippen molar-refractivity contribution in [3.63, 3.8) is 0 Å². The normalized spacial score (nSPS) is 15.6. The third-order valence-electron chi connectivity index (χ3n) is 2.90. The molecule has 1 aliphatic heterocycles. The fraction of sp³-hybridized carbons (Fsp3) is 0.538. The largest absolute Gasteiger partial charge is 0.378 e. The number of anilines is 1. The van der Waals surface area contributed by atoms with Crippen LogP contribution in [-0.2, 0) is 11.3 Å². The number of nitrogens with zero attached hydrogens (tertiary/aromatic N) is 3. The molecule has 2 rings (SSSR count). The summed E-state index contributed by atoms with van der Waals surface area (Å²) in [6.45, 7) is 7.60. The zero-order valence-corrected chi connectivity index (χ0v) is 10.9. The van der Waals surface area contributed by atoms with E-state index in [-0.39, 0.29) is 5.56 Å². The second kappa shape index (κ2) is 5.82. The second-order valence-electron chi connectivity index (χ2n) is 4.62. The Morgan fingerprint density at radius 2 is 2.17 bits per heavy atom. The van der Waals surface area contributed by atoms with Crippen LogP contribution in [0.1, 0.15) is 13.8 Å². The van der Waals surface area contributed by atoms with Crippen LogP contribution in [0, 0.1) is 0 Å². The van der Waals surface area contributed by atoms with Crippen LogP contribution in [-0.4, -0.2) is 36.1 Å². The van der Waals surface area contributed by atoms with Crippen molar-refractivity contribution in [2.24, 2.45) is 0 Å². The number of allylic oxidation sites excluding steroid dienone is 2. The van der Waals surface area contributed by atoms with Gasteiger partial charge in [0.1, 0.15) is 0 Å². The van der Waals surface area contributed by atoms with E-state index in [1.165, 1.54) is 10.3 Å². The first-order valence-electron chi connectivity index (χ1n) is 6.20. The molecule has 2 heterocycles. The second-order valence-corrected chi connectivity index (χ2v) is 4.62. The molecule has 18 heavy (non-hydrogen) atoms. The molecule has 0 spiro atoms. The number of morpholine rings is 1. The molecule has 1 saturated heterocycles. The SMILES string of the molecule is CC(C)=CCn1ncc(N2CCOCC2)cc1=O. The summed E-state index contributed by atoms with van der Waals surface area (Å²) in [5, 5.41) is 4.20. The van der Waals surface area contributed by atoms with Gasteiger partial charge in [0.05, 0.1) is 31.6 Å². The van der Waals surface area contributed by atoms with Crippen molar-refractivity contribution in [3.8, 4) is 0 Å². The van der Waals surface area contributed by atoms with Crippen molar-refractivity contribution in [1.29, 1.82) is 0 Å². The van der Waals surface area contributed by atoms with Gasteiger partial charge in [-0.3, -0.25) is 4.79 Å². The monoisotopic (exact) mass is 249 g/mol. The summed E-state index contributed by atoms with van der Waals surface area (Å²) in [7, 11) is 0. The number of ether oxygens (including phenoxy) is 1. The van der Waals surface area contributed by atoms with E-state index in [0.717, 1.165) is 18.8 Å². The number of hydrogen-bond acceptors (Lipinski definition) is 4. The van der Waals surface area contributed by atoms with Crippen molar-refractivity contribution in [3.05, 3.63) is 34.3 Å². The highest BCUT2D eigenvalue weighted by atomic mass is 16.5. The average Bonchev–Trinajstić information content (AvgIpc) is 2.38. The number of aromatic nitrogens is 2. The summed E-state index contributed by atoms with van der Waals surface area (Å²) in [4.78, 5) is 14.0. The van der Waals surface area contributed by atoms with Gasteiger partial charge in [0.15, 0.2) is 0 Å². The Labute approximate surface area is 107 Å². The molecule has 98 valence electrons. The minimum atomic E-state index is -0.0588. The third-order valence-corrected chi connectivity index (χ3v) is 2.90. The summed E-state index contributed by atoms with van der Waals surface area (Å²) < 4.78 is 6.76. The molecule has 0 N–H and O–H groups in total. The van der Waals surface area contributed by atoms with Gasteiger partial charge in [-0.25, -0.2) is 4.68 Å². The topological polar surface area (TPSA) is 47.4 Å². The molecule has 0 saturated carbocycles. The van der Waals surface area contributed by atoms with Crippen LogP contribution in [0.5, 0.6) is 0 Å². The maximum atomic E-state index is 11.9. The Morgan fingerprint density at radius 3 is 2.78 bits per heavy atom. The third kappa shape index (κ3) is 3.20. The van der Waals surface area contributed by atoms with Gasteiger partial charge in [-0.1, -0.05) is 11.6 Å². The Morgan fingerprint density at radius 1 is 1.44 bits per heavy atom. The maximum absolute atomic E-state index is 11.9. The standard InChI is InChI=1S/C13H19N3O2/c1-11(2)3-4-16-13(17)9-12(10-14-16)15-5-7-18-8-6-15/h3,9-10H,4-8H2,1-2H3. The van der Waals surface area contributed by atoms with Crippen molar-refractivity contribution in [1.82, 2.24) is 9.78 Å². The Kier molecular flexibility index (Phi) is 4.15. The van der Waals surface area contributed by atoms with Crippen molar-refractivity contribution >= 4 is 5.69 Å². The van der Waals surface area contributed by atoms with Crippen molar-refractivity contribution < 1.29 is 4.74 Å². The first kappa shape index (κ1) is 12.8. The molecule has 0 atom stereocenters. The van der Waals surface area contributed by atoms with Crippen LogP contribution in [0.3, 0.4) is 0 Å². The first-order valence-corrected chi connectivity index (χ1v) is 6.20. The molecular formula is C13H19N3O2. The zero-order chi connectivity index (χ0) is 13.0. The van der Waals surface area contributed by atoms with Crippen molar-refractivity contribution in [2.75, 3.05) is 31.2 Å². The van der Waals surface area contributed by atoms with E-state index in [9.17, 15) is 4.79 Å². The Bertz CT molecular complexity index is 483. The van der Waals surface area contributed by atoms with Crippen LogP contribution in [0.25, 0.3) is 0 Å². The van der Waals surface area contributed by atoms with Gasteiger partial charge in [-0.2, -0.15) is 5.10 Å². The number of hydrogen-bond donors (Lipinski definition) is 0. The summed E-state index contributed by atoms with van der Waals surface area (Å²) in [6, 6.07) is 1.65. The van der Waals surface area contributed by atoms with Crippen LogP contribution in [0.4, 0.5) is 5.69 Å². The van der Waals surface area contributed by atoms with Crippen LogP contribution >= 0.6 is 0 Å². The minimum absolute atomic E-state index is 0.0588. The minimum Gasteiger partial charge on any atom is -0.378 e. The molecule has 5 heteroatoms. The van der Waals surface area contributed by atoms with E-state index in [1.54, 1.807) is 12.3 Å². The van der Waals surface area contributed by atoms with E-state index in [2.05, 4.69) is 10.00 Å². The molecular weight excluding hydrogens is 230 g/mol. The predicted octanol–water partition coefficient (Wildman–Crippen LogP) is 1.05. The molecule has 1 fully saturated rings. The van der Waals surface area contributed by atoms with Gasteiger partial charge in [0.2, 0.25) is 0 Å². The molecule has 1 aromatic rings. The van der Waals surface area contributed by atoms with Crippen LogP contribution < -0.4 is 10.5 Å². The molecule has 0 radical (unpaired) electrons. The average molecular weight is 249 g/mol. The summed E-state index contributed by atoms with van der Waals surface area (Å²) in [5.41, 5.74) is 2.01. The molecule has 0 unspecified atom stereocenters. The Hall–Kier alpha value is -1.62. The quantitative estimate of drug-likeness (QED) is 0.751. The smallest absolute Gasteiger partial charge is 0.269 e. The lowest BCUT2D eigenvalue weighted by Crippen LogP contribution is -2.37. The van der Waals surface area contributed by atoms with Crippen molar-refractivity contribution in [2.45, 2.75) is 20.4 Å². The Balaban J connectivity index is 2.14. The number of rotatable bonds is 3. The van der Waals surface area contributed by atoms with E-state index < -0.39 is 0 Å². The van der Waals surface area contributed by atoms with Gasteiger partial charge in [-0.15, -0.1) is 0 Å². The lowest BCUT2D eigenvalue weighted by atomic mass is 10.3. The van der Waals surface area contributed by atoms with E-state index in [1.807, 2.05) is 19.9 Å². The first-order chi connectivity index (χ1) is 8.66. The fourth-order valence-electron chi connectivity index (χ4n) is 1.82. The van der Waals surface area contributed by atoms with Crippen LogP contribution in [0.15, 0.2) is 28.7 Å². The lowest BCUT2D eigenvalue weighted by molar-refractivity contribution is 0.122. The molecule has 0 bridgehead atoms. The summed E-state index contributed by atoms with van der Waals surface area (Å²) in [5.74, 6) is 0. The highest BCUT2D eigenvalue weighted by Crippen LogP contribution is 2.11. The predicted molar refractivity (Wildman–Crippen MR) is 71.0 cm³/mol. The lowest BCUT2D eigenvalue weighted by Gasteiger charge is -2.28. The van der Waals surface area contributed by atoms with E-state index in [4.69, 9.17) is 4.74 Å².